The first kappa shape index (κ1) is 48.6. The molecular weight excluding hydrogens is 704 g/mol. The van der Waals surface area contributed by atoms with E-state index in [1.807, 2.05) is 46.7 Å². The van der Waals surface area contributed by atoms with Crippen LogP contribution in [0.1, 0.15) is 108 Å². The molecule has 0 aliphatic carbocycles. The van der Waals surface area contributed by atoms with Crippen LogP contribution in [0.4, 0.5) is 0 Å². The van der Waals surface area contributed by atoms with E-state index in [1.54, 1.807) is 48.7 Å². The number of oxime groups is 1. The van der Waals surface area contributed by atoms with Gasteiger partial charge in [0.15, 0.2) is 12.6 Å². The molecule has 2 fully saturated rings. The van der Waals surface area contributed by atoms with Gasteiger partial charge in [-0.1, -0.05) is 32.9 Å². The maximum atomic E-state index is 14.2. The van der Waals surface area contributed by atoms with Gasteiger partial charge in [-0.25, -0.2) is 0 Å². The molecule has 0 saturated carbocycles. The van der Waals surface area contributed by atoms with Gasteiger partial charge in [-0.3, -0.25) is 4.79 Å². The van der Waals surface area contributed by atoms with Gasteiger partial charge in [0, 0.05) is 38.5 Å². The summed E-state index contributed by atoms with van der Waals surface area (Å²) in [6.45, 7) is 19.3. The highest BCUT2D eigenvalue weighted by Gasteiger charge is 2.52. The smallest absolute Gasteiger partial charge is 0.311 e. The Morgan fingerprint density at radius 3 is 2.17 bits per heavy atom. The second kappa shape index (κ2) is 20.3. The van der Waals surface area contributed by atoms with Crippen molar-refractivity contribution >= 4 is 11.7 Å². The Balaban J connectivity index is 2.74. The molecule has 0 aromatic heterocycles. The van der Waals surface area contributed by atoms with Crippen LogP contribution in [0.5, 0.6) is 0 Å². The summed E-state index contributed by atoms with van der Waals surface area (Å²) in [7, 11) is 6.82. The average Bonchev–Trinajstić information content (AvgIpc) is 3.13. The summed E-state index contributed by atoms with van der Waals surface area (Å²) in [6, 6.07) is -0.278. The number of hydrogen-bond acceptors (Lipinski definition) is 15. The van der Waals surface area contributed by atoms with Crippen molar-refractivity contribution in [1.82, 2.24) is 4.90 Å². The zero-order valence-electron chi connectivity index (χ0n) is 35.5. The molecule has 0 spiro atoms. The normalized spacial score (nSPS) is 34.5. The van der Waals surface area contributed by atoms with Crippen molar-refractivity contribution in [2.75, 3.05) is 28.3 Å². The number of rotatable bonds is 20. The standard InChI is InChI=1S/C39H74N2O13/c1-16-28(42)39(11,46)29(17-2)52-35(45)24(6)32(53-30-20-37(9,48-14)33(44)26(8)51-30)23(5)34(38(10,49-15)19-21(3)25(7)40-47)54-36-31(43)27(41(12)13)18-22(4)50-36/h21-24,26-34,36,42-44,46-47H,16-20H2,1-15H3/b40-25+/t21-,22-,23+,24-,26+,27?,28?,29-,30?,31?,32?,33?,34?,36?,37?,38?,39+/m1/s1. The Labute approximate surface area is 323 Å². The number of methoxy groups -OCH3 is 2. The summed E-state index contributed by atoms with van der Waals surface area (Å²) < 4.78 is 44.0. The largest absolute Gasteiger partial charge is 0.459 e. The molecule has 0 radical (unpaired) electrons. The monoisotopic (exact) mass is 779 g/mol. The van der Waals surface area contributed by atoms with Gasteiger partial charge in [-0.15, -0.1) is 0 Å². The predicted octanol–water partition coefficient (Wildman–Crippen LogP) is 3.48. The van der Waals surface area contributed by atoms with Crippen molar-refractivity contribution in [3.8, 4) is 0 Å². The van der Waals surface area contributed by atoms with E-state index in [9.17, 15) is 30.4 Å². The number of aliphatic hydroxyl groups excluding tert-OH is 3. The van der Waals surface area contributed by atoms with Gasteiger partial charge < -0.3 is 63.7 Å². The fourth-order valence-corrected chi connectivity index (χ4v) is 8.06. The van der Waals surface area contributed by atoms with Crippen molar-refractivity contribution in [1.29, 1.82) is 0 Å². The summed E-state index contributed by atoms with van der Waals surface area (Å²) >= 11 is 0. The van der Waals surface area contributed by atoms with E-state index in [4.69, 9.17) is 33.2 Å². The highest BCUT2D eigenvalue weighted by Crippen LogP contribution is 2.41. The lowest BCUT2D eigenvalue weighted by molar-refractivity contribution is -0.319. The van der Waals surface area contributed by atoms with Crippen LogP contribution < -0.4 is 0 Å². The lowest BCUT2D eigenvalue weighted by atomic mass is 9.77. The predicted molar refractivity (Wildman–Crippen MR) is 202 cm³/mol. The molecule has 2 aliphatic heterocycles. The third kappa shape index (κ3) is 11.3. The Bertz CT molecular complexity index is 1190. The van der Waals surface area contributed by atoms with Crippen LogP contribution in [0, 0.1) is 17.8 Å². The van der Waals surface area contributed by atoms with Gasteiger partial charge in [0.2, 0.25) is 0 Å². The number of aliphatic hydroxyl groups is 4. The van der Waals surface area contributed by atoms with Crippen LogP contribution >= 0.6 is 0 Å². The van der Waals surface area contributed by atoms with Crippen LogP contribution in [-0.2, 0) is 38.0 Å². The number of ether oxygens (including phenoxy) is 7. The highest BCUT2D eigenvalue weighted by atomic mass is 16.7. The van der Waals surface area contributed by atoms with E-state index in [-0.39, 0.29) is 37.3 Å². The highest BCUT2D eigenvalue weighted by molar-refractivity contribution is 5.83. The van der Waals surface area contributed by atoms with Crippen LogP contribution in [0.3, 0.4) is 0 Å². The second-order valence-electron chi connectivity index (χ2n) is 16.7. The molecule has 54 heavy (non-hydrogen) atoms. The van der Waals surface area contributed by atoms with Crippen molar-refractivity contribution in [3.05, 3.63) is 0 Å². The van der Waals surface area contributed by atoms with Crippen molar-refractivity contribution in [3.63, 3.8) is 0 Å². The molecule has 17 atom stereocenters. The minimum atomic E-state index is -1.73. The molecule has 0 aromatic rings. The first-order chi connectivity index (χ1) is 25.0. The van der Waals surface area contributed by atoms with E-state index in [2.05, 4.69) is 5.16 Å². The fraction of sp³-hybridized carbons (Fsp3) is 0.949. The van der Waals surface area contributed by atoms with E-state index >= 15 is 0 Å². The first-order valence-corrected chi connectivity index (χ1v) is 19.5. The van der Waals surface area contributed by atoms with E-state index in [0.29, 0.717) is 18.6 Å². The van der Waals surface area contributed by atoms with Crippen molar-refractivity contribution in [2.45, 2.75) is 193 Å². The Morgan fingerprint density at radius 2 is 1.67 bits per heavy atom. The third-order valence-electron chi connectivity index (χ3n) is 12.2. The molecular formula is C39H74N2O13. The zero-order chi connectivity index (χ0) is 41.5. The molecule has 2 heterocycles. The number of nitrogens with zero attached hydrogens (tertiary/aromatic N) is 2. The van der Waals surface area contributed by atoms with Gasteiger partial charge in [0.25, 0.3) is 0 Å². The summed E-state index contributed by atoms with van der Waals surface area (Å²) in [6.07, 6.45) is -7.65. The molecule has 2 aliphatic rings. The maximum Gasteiger partial charge on any atom is 0.311 e. The van der Waals surface area contributed by atoms with Gasteiger partial charge in [0.05, 0.1) is 53.4 Å². The molecule has 0 bridgehead atoms. The zero-order valence-corrected chi connectivity index (χ0v) is 35.5. The quantitative estimate of drug-likeness (QED) is 0.0521. The minimum Gasteiger partial charge on any atom is -0.459 e. The Morgan fingerprint density at radius 1 is 1.06 bits per heavy atom. The molecule has 2 saturated heterocycles. The maximum absolute atomic E-state index is 14.2. The molecule has 2 rings (SSSR count). The average molecular weight is 779 g/mol. The van der Waals surface area contributed by atoms with Gasteiger partial charge >= 0.3 is 5.97 Å². The van der Waals surface area contributed by atoms with Crippen molar-refractivity contribution in [2.24, 2.45) is 22.9 Å². The summed E-state index contributed by atoms with van der Waals surface area (Å²) in [5.41, 5.74) is -3.44. The molecule has 0 amide bonds. The number of hydrogen-bond donors (Lipinski definition) is 5. The molecule has 15 heteroatoms. The van der Waals surface area contributed by atoms with Gasteiger partial charge in [-0.05, 0) is 88.2 Å². The SMILES string of the molecule is CCC(O)[C@](C)(O)[C@@H](CC)OC(=O)[C@H](C)C(OC1CC(C)(OC)C(O)[C@H](C)O1)[C@H](C)C(OC1O[C@H](C)CC(N(C)C)C1O)C(C)(C[C@@H](C)/C(C)=N/O)OC. The van der Waals surface area contributed by atoms with Gasteiger partial charge in [0.1, 0.15) is 23.9 Å². The first-order valence-electron chi connectivity index (χ1n) is 19.5. The van der Waals surface area contributed by atoms with E-state index in [0.717, 1.165) is 0 Å². The molecule has 10 unspecified atom stereocenters. The Hall–Kier alpha value is -1.50. The van der Waals surface area contributed by atoms with Crippen LogP contribution in [0.15, 0.2) is 5.16 Å². The molecule has 5 N–H and O–H groups in total. The number of carbonyl (C=O) groups excluding carboxylic acids is 1. The number of esters is 1. The summed E-state index contributed by atoms with van der Waals surface area (Å²) in [4.78, 5) is 16.2. The van der Waals surface area contributed by atoms with Crippen LogP contribution in [-0.4, -0.2) is 155 Å². The minimum absolute atomic E-state index is 0.123. The molecule has 0 aromatic carbocycles. The lowest BCUT2D eigenvalue weighted by Gasteiger charge is -2.49. The van der Waals surface area contributed by atoms with Gasteiger partial charge in [-0.2, -0.15) is 0 Å². The second-order valence-corrected chi connectivity index (χ2v) is 16.7. The third-order valence-corrected chi connectivity index (χ3v) is 12.2. The summed E-state index contributed by atoms with van der Waals surface area (Å²) in [5, 5.41) is 57.5. The van der Waals surface area contributed by atoms with Crippen LogP contribution in [0.25, 0.3) is 0 Å². The molecule has 15 nitrogen and oxygen atoms in total. The van der Waals surface area contributed by atoms with Crippen LogP contribution in [0.2, 0.25) is 0 Å². The summed E-state index contributed by atoms with van der Waals surface area (Å²) in [5.74, 6) is -2.71. The van der Waals surface area contributed by atoms with E-state index < -0.39 is 89.9 Å². The fourth-order valence-electron chi connectivity index (χ4n) is 8.06. The number of likely N-dealkylation sites (N-methyl/N-ethyl adjacent to an activating group) is 1. The molecule has 318 valence electrons. The Kier molecular flexibility index (Phi) is 18.3. The lowest BCUT2D eigenvalue weighted by Crippen LogP contribution is -2.61. The van der Waals surface area contributed by atoms with Crippen molar-refractivity contribution < 1.29 is 63.6 Å². The number of carbonyl (C=O) groups is 1. The topological polar surface area (TPSA) is 198 Å². The van der Waals surface area contributed by atoms with E-state index in [1.165, 1.54) is 14.0 Å².